The van der Waals surface area contributed by atoms with Gasteiger partial charge >= 0.3 is 0 Å². The van der Waals surface area contributed by atoms with E-state index in [-0.39, 0.29) is 11.3 Å². The van der Waals surface area contributed by atoms with E-state index in [9.17, 15) is 9.18 Å². The number of Topliss-reactive ketones (excluding diaryl/α,β-unsaturated/α-hetero) is 1. The fourth-order valence-electron chi connectivity index (χ4n) is 1.30. The molecule has 1 aromatic rings. The molecule has 0 N–H and O–H groups in total. The Morgan fingerprint density at radius 3 is 2.69 bits per heavy atom. The molecule has 0 aliphatic heterocycles. The molecule has 1 rings (SSSR count). The Balaban J connectivity index is 2.83. The van der Waals surface area contributed by atoms with Crippen LogP contribution in [0.25, 0.3) is 0 Å². The summed E-state index contributed by atoms with van der Waals surface area (Å²) in [4.78, 5) is 11.2. The van der Waals surface area contributed by atoms with E-state index in [0.717, 1.165) is 5.57 Å². The molecular formula is C13H15FO2. The van der Waals surface area contributed by atoms with Gasteiger partial charge in [-0.1, -0.05) is 11.6 Å². The van der Waals surface area contributed by atoms with E-state index in [1.807, 2.05) is 6.92 Å². The Morgan fingerprint density at radius 2 is 2.12 bits per heavy atom. The summed E-state index contributed by atoms with van der Waals surface area (Å²) in [6.07, 6.45) is 0.688. The van der Waals surface area contributed by atoms with Crippen LogP contribution in [0.2, 0.25) is 0 Å². The van der Waals surface area contributed by atoms with Crippen molar-refractivity contribution in [2.75, 3.05) is 6.61 Å². The Hall–Kier alpha value is -1.64. The predicted molar refractivity (Wildman–Crippen MR) is 61.3 cm³/mol. The quantitative estimate of drug-likeness (QED) is 0.564. The van der Waals surface area contributed by atoms with Gasteiger partial charge in [0.05, 0.1) is 12.2 Å². The Labute approximate surface area is 94.7 Å². The van der Waals surface area contributed by atoms with Gasteiger partial charge in [0.1, 0.15) is 11.6 Å². The van der Waals surface area contributed by atoms with Crippen LogP contribution in [0.5, 0.6) is 5.75 Å². The molecule has 0 saturated carbocycles. The molecule has 3 heteroatoms. The molecule has 0 heterocycles. The van der Waals surface area contributed by atoms with Crippen molar-refractivity contribution in [3.05, 3.63) is 41.7 Å². The van der Waals surface area contributed by atoms with Crippen LogP contribution in [0.15, 0.2) is 30.4 Å². The van der Waals surface area contributed by atoms with Crippen LogP contribution >= 0.6 is 0 Å². The van der Waals surface area contributed by atoms with Gasteiger partial charge < -0.3 is 4.74 Å². The van der Waals surface area contributed by atoms with Crippen LogP contribution in [-0.2, 0) is 0 Å². The summed E-state index contributed by atoms with van der Waals surface area (Å²) in [6, 6.07) is 4.37. The van der Waals surface area contributed by atoms with E-state index in [2.05, 4.69) is 6.58 Å². The molecule has 0 aliphatic carbocycles. The Bertz CT molecular complexity index is 410. The molecule has 0 saturated heterocycles. The Morgan fingerprint density at radius 1 is 1.44 bits per heavy atom. The van der Waals surface area contributed by atoms with E-state index in [4.69, 9.17) is 4.74 Å². The summed E-state index contributed by atoms with van der Waals surface area (Å²) in [5, 5.41) is 0. The molecule has 0 aliphatic rings. The van der Waals surface area contributed by atoms with Crippen molar-refractivity contribution in [2.24, 2.45) is 0 Å². The molecule has 0 radical (unpaired) electrons. The number of rotatable bonds is 5. The third-order valence-electron chi connectivity index (χ3n) is 2.11. The van der Waals surface area contributed by atoms with E-state index < -0.39 is 5.82 Å². The minimum absolute atomic E-state index is 0.0178. The number of benzene rings is 1. The van der Waals surface area contributed by atoms with Crippen LogP contribution in [0.1, 0.15) is 30.6 Å². The van der Waals surface area contributed by atoms with Crippen molar-refractivity contribution in [3.63, 3.8) is 0 Å². The van der Waals surface area contributed by atoms with Gasteiger partial charge in [-0.25, -0.2) is 4.39 Å². The second kappa shape index (κ2) is 5.45. The zero-order valence-corrected chi connectivity index (χ0v) is 9.55. The monoisotopic (exact) mass is 222 g/mol. The van der Waals surface area contributed by atoms with Crippen LogP contribution < -0.4 is 4.74 Å². The van der Waals surface area contributed by atoms with Gasteiger partial charge in [-0.15, -0.1) is 6.58 Å². The molecule has 1 aromatic carbocycles. The van der Waals surface area contributed by atoms with Crippen LogP contribution in [-0.4, -0.2) is 12.4 Å². The lowest BCUT2D eigenvalue weighted by Crippen LogP contribution is -2.05. The van der Waals surface area contributed by atoms with E-state index in [1.54, 1.807) is 6.07 Å². The summed E-state index contributed by atoms with van der Waals surface area (Å²) < 4.78 is 18.7. The maximum absolute atomic E-state index is 13.4. The number of ether oxygens (including phenoxy) is 1. The zero-order chi connectivity index (χ0) is 12.1. The smallest absolute Gasteiger partial charge is 0.166 e. The summed E-state index contributed by atoms with van der Waals surface area (Å²) in [5.74, 6) is -0.572. The summed E-state index contributed by atoms with van der Waals surface area (Å²) in [7, 11) is 0. The maximum Gasteiger partial charge on any atom is 0.166 e. The highest BCUT2D eigenvalue weighted by Crippen LogP contribution is 2.22. The maximum atomic E-state index is 13.4. The first-order valence-corrected chi connectivity index (χ1v) is 5.09. The van der Waals surface area contributed by atoms with Gasteiger partial charge in [0.2, 0.25) is 0 Å². The van der Waals surface area contributed by atoms with Gasteiger partial charge in [0.15, 0.2) is 5.78 Å². The molecule has 0 aromatic heterocycles. The third kappa shape index (κ3) is 3.19. The third-order valence-corrected chi connectivity index (χ3v) is 2.11. The number of ketones is 1. The minimum atomic E-state index is -0.541. The summed E-state index contributed by atoms with van der Waals surface area (Å²) in [6.45, 7) is 7.36. The van der Waals surface area contributed by atoms with Gasteiger partial charge in [0.25, 0.3) is 0 Å². The summed E-state index contributed by atoms with van der Waals surface area (Å²) >= 11 is 0. The summed E-state index contributed by atoms with van der Waals surface area (Å²) in [5.41, 5.74) is 1.00. The fourth-order valence-corrected chi connectivity index (χ4v) is 1.30. The number of carbonyl (C=O) groups excluding carboxylic acids is 1. The highest BCUT2D eigenvalue weighted by atomic mass is 19.1. The van der Waals surface area contributed by atoms with Crippen molar-refractivity contribution in [2.45, 2.75) is 20.3 Å². The molecule has 0 spiro atoms. The second-order valence-corrected chi connectivity index (χ2v) is 3.72. The lowest BCUT2D eigenvalue weighted by Gasteiger charge is -2.10. The molecule has 16 heavy (non-hydrogen) atoms. The zero-order valence-electron chi connectivity index (χ0n) is 9.55. The molecule has 0 fully saturated rings. The van der Waals surface area contributed by atoms with E-state index >= 15 is 0 Å². The highest BCUT2D eigenvalue weighted by Gasteiger charge is 2.13. The molecule has 86 valence electrons. The molecule has 2 nitrogen and oxygen atoms in total. The van der Waals surface area contributed by atoms with Gasteiger partial charge in [0, 0.05) is 6.42 Å². The van der Waals surface area contributed by atoms with Gasteiger partial charge in [-0.3, -0.25) is 4.79 Å². The molecule has 0 unspecified atom stereocenters. The van der Waals surface area contributed by atoms with Crippen molar-refractivity contribution >= 4 is 5.78 Å². The van der Waals surface area contributed by atoms with Crippen molar-refractivity contribution in [1.29, 1.82) is 0 Å². The minimum Gasteiger partial charge on any atom is -0.492 e. The molecule has 0 bridgehead atoms. The SMILES string of the molecule is C=C(C)CCOc1cccc(F)c1C(C)=O. The fraction of sp³-hybridized carbons (Fsp3) is 0.308. The first kappa shape index (κ1) is 12.4. The lowest BCUT2D eigenvalue weighted by atomic mass is 10.1. The largest absolute Gasteiger partial charge is 0.492 e. The van der Waals surface area contributed by atoms with Crippen LogP contribution in [0.4, 0.5) is 4.39 Å². The van der Waals surface area contributed by atoms with Crippen LogP contribution in [0, 0.1) is 5.82 Å². The standard InChI is InChI=1S/C13H15FO2/c1-9(2)7-8-16-12-6-4-5-11(14)13(12)10(3)15/h4-6H,1,7-8H2,2-3H3. The topological polar surface area (TPSA) is 26.3 Å². The Kier molecular flexibility index (Phi) is 4.23. The lowest BCUT2D eigenvalue weighted by molar-refractivity contribution is 0.101. The molecule has 0 atom stereocenters. The average molecular weight is 222 g/mol. The first-order chi connectivity index (χ1) is 7.52. The predicted octanol–water partition coefficient (Wildman–Crippen LogP) is 3.37. The highest BCUT2D eigenvalue weighted by molar-refractivity contribution is 5.97. The average Bonchev–Trinajstić information content (AvgIpc) is 2.16. The van der Waals surface area contributed by atoms with Crippen molar-refractivity contribution in [3.8, 4) is 5.75 Å². The van der Waals surface area contributed by atoms with E-state index in [0.29, 0.717) is 18.8 Å². The first-order valence-electron chi connectivity index (χ1n) is 5.09. The van der Waals surface area contributed by atoms with Crippen molar-refractivity contribution in [1.82, 2.24) is 0 Å². The normalized spacial score (nSPS) is 9.94. The number of hydrogen-bond acceptors (Lipinski definition) is 2. The van der Waals surface area contributed by atoms with Crippen LogP contribution in [0.3, 0.4) is 0 Å². The number of halogens is 1. The number of carbonyl (C=O) groups is 1. The van der Waals surface area contributed by atoms with E-state index in [1.165, 1.54) is 19.1 Å². The van der Waals surface area contributed by atoms with Gasteiger partial charge in [-0.2, -0.15) is 0 Å². The van der Waals surface area contributed by atoms with Crippen molar-refractivity contribution < 1.29 is 13.9 Å². The molecule has 0 amide bonds. The van der Waals surface area contributed by atoms with Gasteiger partial charge in [-0.05, 0) is 26.0 Å². The second-order valence-electron chi connectivity index (χ2n) is 3.72. The number of hydrogen-bond donors (Lipinski definition) is 0. The molecular weight excluding hydrogens is 207 g/mol.